The Labute approximate surface area is 109 Å². The molecular weight excluding hydrogens is 228 g/mol. The summed E-state index contributed by atoms with van der Waals surface area (Å²) in [5, 5.41) is 2.82. The van der Waals surface area contributed by atoms with Crippen LogP contribution in [0.4, 0.5) is 5.69 Å². The normalized spacial score (nSPS) is 10.4. The molecule has 0 fully saturated rings. The molecule has 1 amide bonds. The van der Waals surface area contributed by atoms with Gasteiger partial charge in [-0.25, -0.2) is 0 Å². The molecule has 0 aliphatic rings. The number of anilines is 1. The molecule has 0 aliphatic heterocycles. The lowest BCUT2D eigenvalue weighted by Gasteiger charge is -2.10. The van der Waals surface area contributed by atoms with Gasteiger partial charge in [0.05, 0.1) is 0 Å². The Morgan fingerprint density at radius 3 is 2.83 bits per heavy atom. The van der Waals surface area contributed by atoms with Gasteiger partial charge in [-0.3, -0.25) is 4.79 Å². The molecule has 18 heavy (non-hydrogen) atoms. The molecule has 1 aromatic rings. The van der Waals surface area contributed by atoms with Crippen molar-refractivity contribution in [1.82, 2.24) is 5.32 Å². The number of carbonyl (C=O) groups excluding carboxylic acids is 1. The second kappa shape index (κ2) is 6.89. The molecule has 0 saturated heterocycles. The van der Waals surface area contributed by atoms with Crippen LogP contribution >= 0.6 is 0 Å². The van der Waals surface area contributed by atoms with E-state index in [2.05, 4.69) is 19.2 Å². The summed E-state index contributed by atoms with van der Waals surface area (Å²) in [6.45, 7) is 6.89. The van der Waals surface area contributed by atoms with E-state index >= 15 is 0 Å². The maximum absolute atomic E-state index is 11.5. The third kappa shape index (κ3) is 5.08. The first-order chi connectivity index (χ1) is 8.49. The number of benzene rings is 1. The molecule has 0 aliphatic carbocycles. The highest BCUT2D eigenvalue weighted by molar-refractivity contribution is 5.77. The predicted molar refractivity (Wildman–Crippen MR) is 73.6 cm³/mol. The Bertz CT molecular complexity index is 403. The van der Waals surface area contributed by atoms with Crippen LogP contribution in [0.3, 0.4) is 0 Å². The van der Waals surface area contributed by atoms with E-state index in [4.69, 9.17) is 10.5 Å². The van der Waals surface area contributed by atoms with Crippen molar-refractivity contribution in [3.05, 3.63) is 23.8 Å². The largest absolute Gasteiger partial charge is 0.483 e. The van der Waals surface area contributed by atoms with E-state index in [-0.39, 0.29) is 12.5 Å². The maximum atomic E-state index is 11.5. The molecule has 4 nitrogen and oxygen atoms in total. The van der Waals surface area contributed by atoms with Crippen molar-refractivity contribution in [3.63, 3.8) is 0 Å². The van der Waals surface area contributed by atoms with E-state index in [1.807, 2.05) is 19.1 Å². The van der Waals surface area contributed by atoms with Gasteiger partial charge >= 0.3 is 0 Å². The summed E-state index contributed by atoms with van der Waals surface area (Å²) < 4.78 is 5.44. The lowest BCUT2D eigenvalue weighted by molar-refractivity contribution is -0.123. The second-order valence-corrected chi connectivity index (χ2v) is 4.85. The van der Waals surface area contributed by atoms with Gasteiger partial charge < -0.3 is 15.8 Å². The van der Waals surface area contributed by atoms with Crippen LogP contribution in [-0.2, 0) is 4.79 Å². The van der Waals surface area contributed by atoms with E-state index in [0.29, 0.717) is 23.9 Å². The number of hydrogen-bond donors (Lipinski definition) is 2. The predicted octanol–water partition coefficient (Wildman–Crippen LogP) is 2.12. The molecule has 0 radical (unpaired) electrons. The SMILES string of the molecule is Cc1ccc(N)cc1OCC(=O)NCCC(C)C. The summed E-state index contributed by atoms with van der Waals surface area (Å²) in [6.07, 6.45) is 0.975. The Hall–Kier alpha value is -1.71. The molecule has 4 heteroatoms. The van der Waals surface area contributed by atoms with Crippen LogP contribution < -0.4 is 15.8 Å². The summed E-state index contributed by atoms with van der Waals surface area (Å²) >= 11 is 0. The molecule has 1 rings (SSSR count). The van der Waals surface area contributed by atoms with Gasteiger partial charge in [0.15, 0.2) is 6.61 Å². The molecule has 0 unspecified atom stereocenters. The van der Waals surface area contributed by atoms with Crippen LogP contribution in [0.25, 0.3) is 0 Å². The van der Waals surface area contributed by atoms with Gasteiger partial charge in [0.25, 0.3) is 5.91 Å². The van der Waals surface area contributed by atoms with Crippen LogP contribution in [0.5, 0.6) is 5.75 Å². The van der Waals surface area contributed by atoms with E-state index in [1.165, 1.54) is 0 Å². The number of aryl methyl sites for hydroxylation is 1. The number of nitrogen functional groups attached to an aromatic ring is 1. The fourth-order valence-corrected chi connectivity index (χ4v) is 1.47. The summed E-state index contributed by atoms with van der Waals surface area (Å²) in [5.41, 5.74) is 7.27. The van der Waals surface area contributed by atoms with E-state index < -0.39 is 0 Å². The fraction of sp³-hybridized carbons (Fsp3) is 0.500. The van der Waals surface area contributed by atoms with Crippen LogP contribution in [0.2, 0.25) is 0 Å². The first-order valence-corrected chi connectivity index (χ1v) is 6.24. The summed E-state index contributed by atoms with van der Waals surface area (Å²) in [4.78, 5) is 11.5. The van der Waals surface area contributed by atoms with Crippen molar-refractivity contribution in [3.8, 4) is 5.75 Å². The van der Waals surface area contributed by atoms with Crippen molar-refractivity contribution < 1.29 is 9.53 Å². The lowest BCUT2D eigenvalue weighted by atomic mass is 10.1. The smallest absolute Gasteiger partial charge is 0.257 e. The first kappa shape index (κ1) is 14.4. The quantitative estimate of drug-likeness (QED) is 0.760. The van der Waals surface area contributed by atoms with Gasteiger partial charge in [-0.2, -0.15) is 0 Å². The third-order valence-electron chi connectivity index (χ3n) is 2.61. The van der Waals surface area contributed by atoms with Crippen LogP contribution in [0.1, 0.15) is 25.8 Å². The lowest BCUT2D eigenvalue weighted by Crippen LogP contribution is -2.30. The van der Waals surface area contributed by atoms with Gasteiger partial charge in [-0.15, -0.1) is 0 Å². The van der Waals surface area contributed by atoms with Gasteiger partial charge in [0, 0.05) is 18.3 Å². The molecule has 1 aromatic carbocycles. The Morgan fingerprint density at radius 1 is 1.44 bits per heavy atom. The molecule has 100 valence electrons. The van der Waals surface area contributed by atoms with Gasteiger partial charge in [-0.05, 0) is 30.9 Å². The monoisotopic (exact) mass is 250 g/mol. The highest BCUT2D eigenvalue weighted by atomic mass is 16.5. The third-order valence-corrected chi connectivity index (χ3v) is 2.61. The minimum atomic E-state index is -0.0996. The average Bonchev–Trinajstić information content (AvgIpc) is 2.30. The molecule has 3 N–H and O–H groups in total. The fourth-order valence-electron chi connectivity index (χ4n) is 1.47. The Balaban J connectivity index is 2.36. The van der Waals surface area contributed by atoms with Crippen LogP contribution in [-0.4, -0.2) is 19.1 Å². The minimum Gasteiger partial charge on any atom is -0.483 e. The molecule has 0 atom stereocenters. The zero-order valence-electron chi connectivity index (χ0n) is 11.3. The Morgan fingerprint density at radius 2 is 2.17 bits per heavy atom. The molecule has 0 aromatic heterocycles. The number of hydrogen-bond acceptors (Lipinski definition) is 3. The van der Waals surface area contributed by atoms with Crippen molar-refractivity contribution in [1.29, 1.82) is 0 Å². The van der Waals surface area contributed by atoms with E-state index in [0.717, 1.165) is 12.0 Å². The average molecular weight is 250 g/mol. The van der Waals surface area contributed by atoms with Crippen LogP contribution in [0, 0.1) is 12.8 Å². The standard InChI is InChI=1S/C14H22N2O2/c1-10(2)6-7-16-14(17)9-18-13-8-12(15)5-4-11(13)3/h4-5,8,10H,6-7,9,15H2,1-3H3,(H,16,17). The Kier molecular flexibility index (Phi) is 5.49. The highest BCUT2D eigenvalue weighted by Crippen LogP contribution is 2.20. The van der Waals surface area contributed by atoms with Crippen molar-refractivity contribution >= 4 is 11.6 Å². The topological polar surface area (TPSA) is 64.3 Å². The van der Waals surface area contributed by atoms with Crippen molar-refractivity contribution in [2.45, 2.75) is 27.2 Å². The zero-order valence-corrected chi connectivity index (χ0v) is 11.3. The van der Waals surface area contributed by atoms with Crippen molar-refractivity contribution in [2.75, 3.05) is 18.9 Å². The molecule has 0 heterocycles. The van der Waals surface area contributed by atoms with Crippen molar-refractivity contribution in [2.24, 2.45) is 5.92 Å². The first-order valence-electron chi connectivity index (χ1n) is 6.24. The molecule has 0 bridgehead atoms. The molecule has 0 saturated carbocycles. The van der Waals surface area contributed by atoms with Gasteiger partial charge in [-0.1, -0.05) is 19.9 Å². The molecule has 0 spiro atoms. The van der Waals surface area contributed by atoms with Gasteiger partial charge in [0.1, 0.15) is 5.75 Å². The molecular formula is C14H22N2O2. The number of amides is 1. The number of ether oxygens (including phenoxy) is 1. The van der Waals surface area contributed by atoms with Crippen LogP contribution in [0.15, 0.2) is 18.2 Å². The maximum Gasteiger partial charge on any atom is 0.257 e. The number of nitrogens with two attached hydrogens (primary N) is 1. The summed E-state index contributed by atoms with van der Waals surface area (Å²) in [5.74, 6) is 1.15. The minimum absolute atomic E-state index is 0.0301. The number of carbonyl (C=O) groups is 1. The highest BCUT2D eigenvalue weighted by Gasteiger charge is 2.05. The summed E-state index contributed by atoms with van der Waals surface area (Å²) in [7, 11) is 0. The van der Waals surface area contributed by atoms with Gasteiger partial charge in [0.2, 0.25) is 0 Å². The summed E-state index contributed by atoms with van der Waals surface area (Å²) in [6, 6.07) is 5.42. The van der Waals surface area contributed by atoms with E-state index in [1.54, 1.807) is 6.07 Å². The number of nitrogens with one attached hydrogen (secondary N) is 1. The van der Waals surface area contributed by atoms with E-state index in [9.17, 15) is 4.79 Å². The number of rotatable bonds is 6. The second-order valence-electron chi connectivity index (χ2n) is 4.85. The zero-order chi connectivity index (χ0) is 13.5.